The zero-order valence-corrected chi connectivity index (χ0v) is 8.48. The lowest BCUT2D eigenvalue weighted by Gasteiger charge is -2.09. The SMILES string of the molecule is O=C(NCC1CCC(O)C1)c1ccco1. The average molecular weight is 209 g/mol. The van der Waals surface area contributed by atoms with Gasteiger partial charge in [-0.2, -0.15) is 0 Å². The van der Waals surface area contributed by atoms with Crippen LogP contribution >= 0.6 is 0 Å². The molecule has 0 aliphatic heterocycles. The van der Waals surface area contributed by atoms with Gasteiger partial charge < -0.3 is 14.8 Å². The van der Waals surface area contributed by atoms with Crippen LogP contribution in [0.15, 0.2) is 22.8 Å². The van der Waals surface area contributed by atoms with Crippen LogP contribution in [0.1, 0.15) is 29.8 Å². The van der Waals surface area contributed by atoms with Crippen molar-refractivity contribution in [1.29, 1.82) is 0 Å². The molecule has 82 valence electrons. The maximum Gasteiger partial charge on any atom is 0.286 e. The van der Waals surface area contributed by atoms with Crippen LogP contribution in [0.25, 0.3) is 0 Å². The van der Waals surface area contributed by atoms with E-state index in [-0.39, 0.29) is 12.0 Å². The fourth-order valence-corrected chi connectivity index (χ4v) is 1.97. The van der Waals surface area contributed by atoms with E-state index in [0.29, 0.717) is 18.2 Å². The number of aliphatic hydroxyl groups is 1. The lowest BCUT2D eigenvalue weighted by Crippen LogP contribution is -2.28. The largest absolute Gasteiger partial charge is 0.459 e. The highest BCUT2D eigenvalue weighted by molar-refractivity contribution is 5.91. The molecule has 1 aliphatic carbocycles. The summed E-state index contributed by atoms with van der Waals surface area (Å²) in [7, 11) is 0. The Morgan fingerprint density at radius 2 is 2.47 bits per heavy atom. The van der Waals surface area contributed by atoms with Crippen molar-refractivity contribution in [3.8, 4) is 0 Å². The summed E-state index contributed by atoms with van der Waals surface area (Å²) in [6, 6.07) is 3.33. The van der Waals surface area contributed by atoms with Gasteiger partial charge in [-0.3, -0.25) is 4.79 Å². The Hall–Kier alpha value is -1.29. The average Bonchev–Trinajstić information content (AvgIpc) is 2.84. The first-order valence-electron chi connectivity index (χ1n) is 5.25. The molecule has 2 N–H and O–H groups in total. The third-order valence-corrected chi connectivity index (χ3v) is 2.81. The van der Waals surface area contributed by atoms with Crippen molar-refractivity contribution in [3.63, 3.8) is 0 Å². The van der Waals surface area contributed by atoms with Gasteiger partial charge in [0, 0.05) is 6.54 Å². The second-order valence-corrected chi connectivity index (χ2v) is 4.02. The van der Waals surface area contributed by atoms with E-state index in [4.69, 9.17) is 4.42 Å². The number of hydrogen-bond donors (Lipinski definition) is 2. The zero-order chi connectivity index (χ0) is 10.7. The third kappa shape index (κ3) is 2.59. The van der Waals surface area contributed by atoms with Gasteiger partial charge in [-0.15, -0.1) is 0 Å². The number of hydrogen-bond acceptors (Lipinski definition) is 3. The van der Waals surface area contributed by atoms with Gasteiger partial charge in [0.15, 0.2) is 5.76 Å². The first kappa shape index (κ1) is 10.2. The van der Waals surface area contributed by atoms with Crippen LogP contribution in [0.3, 0.4) is 0 Å². The number of nitrogens with one attached hydrogen (secondary N) is 1. The summed E-state index contributed by atoms with van der Waals surface area (Å²) in [5, 5.41) is 12.1. The van der Waals surface area contributed by atoms with E-state index in [0.717, 1.165) is 19.3 Å². The van der Waals surface area contributed by atoms with Crippen molar-refractivity contribution in [3.05, 3.63) is 24.2 Å². The third-order valence-electron chi connectivity index (χ3n) is 2.81. The molecule has 1 fully saturated rings. The Bertz CT molecular complexity index is 321. The molecule has 2 rings (SSSR count). The number of aliphatic hydroxyl groups excluding tert-OH is 1. The Balaban J connectivity index is 1.76. The zero-order valence-electron chi connectivity index (χ0n) is 8.48. The molecule has 15 heavy (non-hydrogen) atoms. The summed E-state index contributed by atoms with van der Waals surface area (Å²) in [4.78, 5) is 11.5. The number of rotatable bonds is 3. The first-order chi connectivity index (χ1) is 7.25. The molecule has 1 saturated carbocycles. The van der Waals surface area contributed by atoms with Crippen LogP contribution in [0.2, 0.25) is 0 Å². The molecule has 2 unspecified atom stereocenters. The summed E-state index contributed by atoms with van der Waals surface area (Å²) in [5.41, 5.74) is 0. The summed E-state index contributed by atoms with van der Waals surface area (Å²) in [6.45, 7) is 0.622. The second-order valence-electron chi connectivity index (χ2n) is 4.02. The van der Waals surface area contributed by atoms with E-state index in [1.165, 1.54) is 6.26 Å². The molecule has 4 heteroatoms. The standard InChI is InChI=1S/C11H15NO3/c13-9-4-3-8(6-9)7-12-11(14)10-2-1-5-15-10/h1-2,5,8-9,13H,3-4,6-7H2,(H,12,14). The quantitative estimate of drug-likeness (QED) is 0.785. The molecule has 0 spiro atoms. The fourth-order valence-electron chi connectivity index (χ4n) is 1.97. The van der Waals surface area contributed by atoms with Crippen molar-refractivity contribution < 1.29 is 14.3 Å². The minimum atomic E-state index is -0.185. The Labute approximate surface area is 88.3 Å². The van der Waals surface area contributed by atoms with E-state index < -0.39 is 0 Å². The molecule has 1 aromatic heterocycles. The molecule has 2 atom stereocenters. The van der Waals surface area contributed by atoms with Crippen molar-refractivity contribution >= 4 is 5.91 Å². The first-order valence-corrected chi connectivity index (χ1v) is 5.25. The summed E-state index contributed by atoms with van der Waals surface area (Å²) >= 11 is 0. The lowest BCUT2D eigenvalue weighted by atomic mass is 10.1. The van der Waals surface area contributed by atoms with Gasteiger partial charge in [-0.1, -0.05) is 0 Å². The predicted octanol–water partition coefficient (Wildman–Crippen LogP) is 1.17. The maximum absolute atomic E-state index is 11.5. The molecule has 0 bridgehead atoms. The molecule has 0 saturated heterocycles. The normalized spacial score (nSPS) is 25.4. The summed E-state index contributed by atoms with van der Waals surface area (Å²) in [5.74, 6) is 0.564. The van der Waals surface area contributed by atoms with Crippen LogP contribution in [0.5, 0.6) is 0 Å². The van der Waals surface area contributed by atoms with Crippen molar-refractivity contribution in [1.82, 2.24) is 5.32 Å². The molecule has 0 radical (unpaired) electrons. The van der Waals surface area contributed by atoms with Gasteiger partial charge in [0.05, 0.1) is 12.4 Å². The highest BCUT2D eigenvalue weighted by atomic mass is 16.3. The number of carbonyl (C=O) groups excluding carboxylic acids is 1. The molecule has 1 amide bonds. The van der Waals surface area contributed by atoms with Crippen LogP contribution in [-0.4, -0.2) is 23.7 Å². The minimum absolute atomic E-state index is 0.179. The van der Waals surface area contributed by atoms with Crippen LogP contribution < -0.4 is 5.32 Å². The lowest BCUT2D eigenvalue weighted by molar-refractivity contribution is 0.0917. The van der Waals surface area contributed by atoms with Crippen LogP contribution in [0, 0.1) is 5.92 Å². The highest BCUT2D eigenvalue weighted by Crippen LogP contribution is 2.24. The molecule has 1 heterocycles. The molecule has 1 aromatic rings. The van der Waals surface area contributed by atoms with Gasteiger partial charge in [0.2, 0.25) is 0 Å². The Kier molecular flexibility index (Phi) is 3.06. The smallest absolute Gasteiger partial charge is 0.286 e. The molecule has 0 aromatic carbocycles. The van der Waals surface area contributed by atoms with Crippen LogP contribution in [-0.2, 0) is 0 Å². The number of carbonyl (C=O) groups is 1. The van der Waals surface area contributed by atoms with E-state index in [1.54, 1.807) is 12.1 Å². The molecular weight excluding hydrogens is 194 g/mol. The number of furan rings is 1. The van der Waals surface area contributed by atoms with Crippen LogP contribution in [0.4, 0.5) is 0 Å². The second kappa shape index (κ2) is 4.49. The van der Waals surface area contributed by atoms with E-state index in [2.05, 4.69) is 5.32 Å². The van der Waals surface area contributed by atoms with Crippen molar-refractivity contribution in [2.24, 2.45) is 5.92 Å². The van der Waals surface area contributed by atoms with E-state index in [9.17, 15) is 9.90 Å². The van der Waals surface area contributed by atoms with Crippen molar-refractivity contribution in [2.75, 3.05) is 6.54 Å². The Morgan fingerprint density at radius 1 is 1.60 bits per heavy atom. The fraction of sp³-hybridized carbons (Fsp3) is 0.545. The van der Waals surface area contributed by atoms with Gasteiger partial charge >= 0.3 is 0 Å². The minimum Gasteiger partial charge on any atom is -0.459 e. The Morgan fingerprint density at radius 3 is 3.07 bits per heavy atom. The van der Waals surface area contributed by atoms with E-state index >= 15 is 0 Å². The summed E-state index contributed by atoms with van der Waals surface area (Å²) < 4.78 is 4.97. The monoisotopic (exact) mass is 209 g/mol. The number of amides is 1. The van der Waals surface area contributed by atoms with Gasteiger partial charge in [-0.05, 0) is 37.3 Å². The van der Waals surface area contributed by atoms with Crippen molar-refractivity contribution in [2.45, 2.75) is 25.4 Å². The maximum atomic E-state index is 11.5. The van der Waals surface area contributed by atoms with Gasteiger partial charge in [-0.25, -0.2) is 0 Å². The molecule has 1 aliphatic rings. The van der Waals surface area contributed by atoms with E-state index in [1.807, 2.05) is 0 Å². The predicted molar refractivity (Wildman–Crippen MR) is 54.4 cm³/mol. The topological polar surface area (TPSA) is 62.5 Å². The highest BCUT2D eigenvalue weighted by Gasteiger charge is 2.23. The van der Waals surface area contributed by atoms with Gasteiger partial charge in [0.25, 0.3) is 5.91 Å². The summed E-state index contributed by atoms with van der Waals surface area (Å²) in [6.07, 6.45) is 3.92. The van der Waals surface area contributed by atoms with Gasteiger partial charge in [0.1, 0.15) is 0 Å². The molecule has 4 nitrogen and oxygen atoms in total. The molecular formula is C11H15NO3.